The van der Waals surface area contributed by atoms with Crippen molar-refractivity contribution >= 4 is 50.9 Å². The summed E-state index contributed by atoms with van der Waals surface area (Å²) in [5.74, 6) is 0.270. The number of hydrogen-bond donors (Lipinski definition) is 1. The molecule has 0 unspecified atom stereocenters. The van der Waals surface area contributed by atoms with Crippen LogP contribution in [0.25, 0.3) is 0 Å². The number of halogens is 3. The van der Waals surface area contributed by atoms with E-state index in [0.717, 1.165) is 11.1 Å². The molecule has 1 heterocycles. The standard InChI is InChI=1S/C18H14BrCl2N3O/c1-11-4-2-3-5-13(11)18(25)22-17-14(19)10-24(23-17)9-12-6-7-15(20)16(21)8-12/h2-8,10H,9H2,1H3,(H,22,23,25). The van der Waals surface area contributed by atoms with Crippen molar-refractivity contribution in [3.63, 3.8) is 0 Å². The number of carbonyl (C=O) groups excluding carboxylic acids is 1. The Bertz CT molecular complexity index is 940. The van der Waals surface area contributed by atoms with Crippen LogP contribution in [-0.2, 0) is 6.54 Å². The molecule has 0 atom stereocenters. The zero-order chi connectivity index (χ0) is 18.0. The number of carbonyl (C=O) groups is 1. The van der Waals surface area contributed by atoms with Gasteiger partial charge in [-0.1, -0.05) is 47.5 Å². The van der Waals surface area contributed by atoms with Gasteiger partial charge in [-0.25, -0.2) is 0 Å². The topological polar surface area (TPSA) is 46.9 Å². The van der Waals surface area contributed by atoms with Gasteiger partial charge >= 0.3 is 0 Å². The van der Waals surface area contributed by atoms with Crippen LogP contribution in [-0.4, -0.2) is 15.7 Å². The van der Waals surface area contributed by atoms with Crippen LogP contribution in [0.2, 0.25) is 10.0 Å². The van der Waals surface area contributed by atoms with Crippen LogP contribution >= 0.6 is 39.1 Å². The first-order valence-corrected chi connectivity index (χ1v) is 9.03. The molecule has 2 aromatic carbocycles. The number of nitrogens with one attached hydrogen (secondary N) is 1. The molecule has 1 N–H and O–H groups in total. The molecular formula is C18H14BrCl2N3O. The summed E-state index contributed by atoms with van der Waals surface area (Å²) in [7, 11) is 0. The third kappa shape index (κ3) is 4.24. The lowest BCUT2D eigenvalue weighted by atomic mass is 10.1. The van der Waals surface area contributed by atoms with Gasteiger partial charge in [-0.15, -0.1) is 0 Å². The Labute approximate surface area is 163 Å². The van der Waals surface area contributed by atoms with Crippen LogP contribution in [0.4, 0.5) is 5.82 Å². The Morgan fingerprint density at radius 2 is 1.96 bits per heavy atom. The summed E-state index contributed by atoms with van der Waals surface area (Å²) in [4.78, 5) is 12.4. The summed E-state index contributed by atoms with van der Waals surface area (Å²) in [6, 6.07) is 12.8. The Morgan fingerprint density at radius 3 is 2.68 bits per heavy atom. The second kappa shape index (κ2) is 7.60. The molecule has 0 bridgehead atoms. The Kier molecular flexibility index (Phi) is 5.47. The molecule has 1 aromatic heterocycles. The van der Waals surface area contributed by atoms with E-state index in [0.29, 0.717) is 32.4 Å². The van der Waals surface area contributed by atoms with Crippen molar-refractivity contribution in [3.8, 4) is 0 Å². The van der Waals surface area contributed by atoms with Crippen LogP contribution < -0.4 is 5.32 Å². The predicted octanol–water partition coefficient (Wildman–Crippen LogP) is 5.56. The van der Waals surface area contributed by atoms with Gasteiger partial charge in [0.25, 0.3) is 5.91 Å². The van der Waals surface area contributed by atoms with Crippen LogP contribution in [0.1, 0.15) is 21.5 Å². The lowest BCUT2D eigenvalue weighted by molar-refractivity contribution is 0.102. The zero-order valence-corrected chi connectivity index (χ0v) is 16.4. The quantitative estimate of drug-likeness (QED) is 0.579. The van der Waals surface area contributed by atoms with Gasteiger partial charge in [0.05, 0.1) is 21.1 Å². The number of nitrogens with zero attached hydrogens (tertiary/aromatic N) is 2. The smallest absolute Gasteiger partial charge is 0.257 e. The van der Waals surface area contributed by atoms with Crippen molar-refractivity contribution in [3.05, 3.63) is 79.9 Å². The summed E-state index contributed by atoms with van der Waals surface area (Å²) in [5, 5.41) is 8.25. The molecule has 0 spiro atoms. The average molecular weight is 439 g/mol. The SMILES string of the molecule is Cc1ccccc1C(=O)Nc1nn(Cc2ccc(Cl)c(Cl)c2)cc1Br. The van der Waals surface area contributed by atoms with Gasteiger partial charge in [0, 0.05) is 11.8 Å². The fourth-order valence-electron chi connectivity index (χ4n) is 2.39. The Morgan fingerprint density at radius 1 is 1.20 bits per heavy atom. The van der Waals surface area contributed by atoms with E-state index < -0.39 is 0 Å². The second-order valence-corrected chi connectivity index (χ2v) is 7.21. The largest absolute Gasteiger partial charge is 0.304 e. The second-order valence-electron chi connectivity index (χ2n) is 5.54. The highest BCUT2D eigenvalue weighted by Gasteiger charge is 2.13. The molecule has 0 fully saturated rings. The van der Waals surface area contributed by atoms with Crippen molar-refractivity contribution in [2.75, 3.05) is 5.32 Å². The van der Waals surface area contributed by atoms with Gasteiger partial charge in [-0.2, -0.15) is 5.10 Å². The minimum absolute atomic E-state index is 0.196. The van der Waals surface area contributed by atoms with E-state index in [4.69, 9.17) is 23.2 Å². The molecule has 25 heavy (non-hydrogen) atoms. The van der Waals surface area contributed by atoms with Gasteiger partial charge in [0.1, 0.15) is 0 Å². The first kappa shape index (κ1) is 18.0. The highest BCUT2D eigenvalue weighted by molar-refractivity contribution is 9.10. The normalized spacial score (nSPS) is 10.7. The average Bonchev–Trinajstić information content (AvgIpc) is 2.90. The highest BCUT2D eigenvalue weighted by atomic mass is 79.9. The predicted molar refractivity (Wildman–Crippen MR) is 105 cm³/mol. The molecule has 0 aliphatic carbocycles. The minimum Gasteiger partial charge on any atom is -0.304 e. The summed E-state index contributed by atoms with van der Waals surface area (Å²) in [5.41, 5.74) is 2.49. The molecule has 7 heteroatoms. The van der Waals surface area contributed by atoms with E-state index in [1.165, 1.54) is 0 Å². The van der Waals surface area contributed by atoms with Gasteiger partial charge in [-0.05, 0) is 52.2 Å². The first-order chi connectivity index (χ1) is 11.9. The molecule has 3 aromatic rings. The van der Waals surface area contributed by atoms with Crippen LogP contribution in [0, 0.1) is 6.92 Å². The number of hydrogen-bond acceptors (Lipinski definition) is 2. The Balaban J connectivity index is 1.77. The minimum atomic E-state index is -0.196. The van der Waals surface area contributed by atoms with Gasteiger partial charge in [-0.3, -0.25) is 9.48 Å². The molecule has 0 saturated heterocycles. The monoisotopic (exact) mass is 437 g/mol. The summed E-state index contributed by atoms with van der Waals surface area (Å²) >= 11 is 15.4. The van der Waals surface area contributed by atoms with Crippen molar-refractivity contribution in [1.82, 2.24) is 9.78 Å². The molecule has 0 aliphatic heterocycles. The molecule has 3 rings (SSSR count). The molecule has 4 nitrogen and oxygen atoms in total. The van der Waals surface area contributed by atoms with E-state index in [-0.39, 0.29) is 5.91 Å². The lowest BCUT2D eigenvalue weighted by Crippen LogP contribution is -2.14. The van der Waals surface area contributed by atoms with Crippen molar-refractivity contribution in [2.24, 2.45) is 0 Å². The number of amides is 1. The maximum Gasteiger partial charge on any atom is 0.257 e. The lowest BCUT2D eigenvalue weighted by Gasteiger charge is -2.06. The molecular weight excluding hydrogens is 425 g/mol. The van der Waals surface area contributed by atoms with Crippen molar-refractivity contribution < 1.29 is 4.79 Å². The van der Waals surface area contributed by atoms with E-state index in [1.54, 1.807) is 29.1 Å². The number of aryl methyl sites for hydroxylation is 1. The summed E-state index contributed by atoms with van der Waals surface area (Å²) < 4.78 is 2.42. The highest BCUT2D eigenvalue weighted by Crippen LogP contribution is 2.25. The summed E-state index contributed by atoms with van der Waals surface area (Å²) in [6.45, 7) is 2.41. The summed E-state index contributed by atoms with van der Waals surface area (Å²) in [6.07, 6.45) is 1.80. The molecule has 0 saturated carbocycles. The fraction of sp³-hybridized carbons (Fsp3) is 0.111. The third-order valence-corrected chi connectivity index (χ3v) is 4.99. The molecule has 128 valence electrons. The number of anilines is 1. The van der Waals surface area contributed by atoms with Crippen LogP contribution in [0.3, 0.4) is 0 Å². The molecule has 1 amide bonds. The van der Waals surface area contributed by atoms with Crippen molar-refractivity contribution in [1.29, 1.82) is 0 Å². The van der Waals surface area contributed by atoms with E-state index in [9.17, 15) is 4.79 Å². The van der Waals surface area contributed by atoms with E-state index in [2.05, 4.69) is 26.3 Å². The first-order valence-electron chi connectivity index (χ1n) is 7.48. The van der Waals surface area contributed by atoms with Crippen molar-refractivity contribution in [2.45, 2.75) is 13.5 Å². The van der Waals surface area contributed by atoms with E-state index >= 15 is 0 Å². The molecule has 0 aliphatic rings. The fourth-order valence-corrected chi connectivity index (χ4v) is 3.13. The maximum atomic E-state index is 12.4. The van der Waals surface area contributed by atoms with Crippen LogP contribution in [0.15, 0.2) is 53.1 Å². The number of aromatic nitrogens is 2. The third-order valence-electron chi connectivity index (χ3n) is 3.67. The van der Waals surface area contributed by atoms with Gasteiger partial charge in [0.15, 0.2) is 5.82 Å². The maximum absolute atomic E-state index is 12.4. The molecule has 0 radical (unpaired) electrons. The number of benzene rings is 2. The van der Waals surface area contributed by atoms with Gasteiger partial charge in [0.2, 0.25) is 0 Å². The van der Waals surface area contributed by atoms with Crippen LogP contribution in [0.5, 0.6) is 0 Å². The van der Waals surface area contributed by atoms with E-state index in [1.807, 2.05) is 31.2 Å². The van der Waals surface area contributed by atoms with Gasteiger partial charge < -0.3 is 5.32 Å². The zero-order valence-electron chi connectivity index (χ0n) is 13.3. The Hall–Kier alpha value is -1.82. The number of rotatable bonds is 4.